The van der Waals surface area contributed by atoms with Gasteiger partial charge in [0, 0.05) is 17.8 Å². The first kappa shape index (κ1) is 15.3. The van der Waals surface area contributed by atoms with Crippen LogP contribution in [-0.2, 0) is 0 Å². The Morgan fingerprint density at radius 1 is 1.42 bits per heavy atom. The Morgan fingerprint density at radius 2 is 2.11 bits per heavy atom. The fourth-order valence-corrected chi connectivity index (χ4v) is 1.84. The summed E-state index contributed by atoms with van der Waals surface area (Å²) in [6.07, 6.45) is -3.42. The third-order valence-electron chi connectivity index (χ3n) is 2.68. The van der Waals surface area contributed by atoms with Crippen LogP contribution in [0.5, 0.6) is 0 Å². The molecule has 0 spiro atoms. The smallest absolute Gasteiger partial charge is 0.255 e. The van der Waals surface area contributed by atoms with Crippen LogP contribution in [0, 0.1) is 11.3 Å². The van der Waals surface area contributed by atoms with E-state index in [0.29, 0.717) is 16.8 Å². The van der Waals surface area contributed by atoms with Gasteiger partial charge < -0.3 is 15.1 Å². The van der Waals surface area contributed by atoms with E-state index in [1.165, 1.54) is 30.0 Å². The Balaban J connectivity index is 3.21. The summed E-state index contributed by atoms with van der Waals surface area (Å²) in [5.41, 5.74) is 1.12. The van der Waals surface area contributed by atoms with E-state index in [2.05, 4.69) is 0 Å². The van der Waals surface area contributed by atoms with Gasteiger partial charge in [-0.05, 0) is 19.1 Å². The highest BCUT2D eigenvalue weighted by Gasteiger charge is 2.18. The molecule has 1 aromatic rings. The standard InChI is InChI=1S/C13H16F2N2O2/c1-9(19)11-3-2-10(7-16)6-12(11)17(4-5-18)8-13(14)15/h2-3,6,9,13,18-19H,4-5,8H2,1H3/t9-/m0/s1. The van der Waals surface area contributed by atoms with Crippen molar-refractivity contribution in [1.29, 1.82) is 5.26 Å². The summed E-state index contributed by atoms with van der Waals surface area (Å²) < 4.78 is 25.1. The summed E-state index contributed by atoms with van der Waals surface area (Å²) in [5.74, 6) is 0. The molecule has 0 bridgehead atoms. The second-order valence-corrected chi connectivity index (χ2v) is 4.12. The number of hydrogen-bond acceptors (Lipinski definition) is 4. The molecule has 1 aromatic carbocycles. The first-order valence-electron chi connectivity index (χ1n) is 5.85. The molecule has 1 atom stereocenters. The molecule has 104 valence electrons. The third-order valence-corrected chi connectivity index (χ3v) is 2.68. The molecule has 0 saturated carbocycles. The second-order valence-electron chi connectivity index (χ2n) is 4.12. The lowest BCUT2D eigenvalue weighted by Crippen LogP contribution is -2.32. The molecule has 0 aliphatic rings. The van der Waals surface area contributed by atoms with Gasteiger partial charge in [0.25, 0.3) is 6.43 Å². The zero-order valence-electron chi connectivity index (χ0n) is 10.6. The van der Waals surface area contributed by atoms with Gasteiger partial charge in [0.05, 0.1) is 30.9 Å². The Kier molecular flexibility index (Phi) is 5.67. The van der Waals surface area contributed by atoms with E-state index < -0.39 is 19.1 Å². The number of nitrogens with zero attached hydrogens (tertiary/aromatic N) is 2. The lowest BCUT2D eigenvalue weighted by Gasteiger charge is -2.27. The average Bonchev–Trinajstić information content (AvgIpc) is 2.36. The van der Waals surface area contributed by atoms with Crippen LogP contribution in [0.3, 0.4) is 0 Å². The molecule has 19 heavy (non-hydrogen) atoms. The predicted molar refractivity (Wildman–Crippen MR) is 67.1 cm³/mol. The number of aliphatic hydroxyl groups excluding tert-OH is 2. The highest BCUT2D eigenvalue weighted by atomic mass is 19.3. The molecule has 4 nitrogen and oxygen atoms in total. The molecule has 0 aliphatic heterocycles. The van der Waals surface area contributed by atoms with Crippen LogP contribution in [-0.4, -0.2) is 36.3 Å². The summed E-state index contributed by atoms with van der Waals surface area (Å²) in [7, 11) is 0. The van der Waals surface area contributed by atoms with Crippen molar-refractivity contribution < 1.29 is 19.0 Å². The Bertz CT molecular complexity index is 458. The van der Waals surface area contributed by atoms with Gasteiger partial charge in [0.2, 0.25) is 0 Å². The number of rotatable bonds is 6. The highest BCUT2D eigenvalue weighted by molar-refractivity contribution is 5.58. The molecule has 0 amide bonds. The summed E-state index contributed by atoms with van der Waals surface area (Å²) >= 11 is 0. The number of nitriles is 1. The summed E-state index contributed by atoms with van der Waals surface area (Å²) in [5, 5.41) is 27.5. The molecule has 1 rings (SSSR count). The number of aliphatic hydroxyl groups is 2. The van der Waals surface area contributed by atoms with Gasteiger partial charge in [-0.15, -0.1) is 0 Å². The summed E-state index contributed by atoms with van der Waals surface area (Å²) in [6, 6.07) is 6.43. The normalized spacial score (nSPS) is 12.3. The Hall–Kier alpha value is -1.71. The zero-order chi connectivity index (χ0) is 14.4. The van der Waals surface area contributed by atoms with Gasteiger partial charge in [-0.1, -0.05) is 6.07 Å². The minimum Gasteiger partial charge on any atom is -0.395 e. The zero-order valence-corrected chi connectivity index (χ0v) is 10.6. The third kappa shape index (κ3) is 4.16. The average molecular weight is 270 g/mol. The number of halogens is 2. The van der Waals surface area contributed by atoms with Crippen LogP contribution < -0.4 is 4.90 Å². The molecule has 0 aromatic heterocycles. The van der Waals surface area contributed by atoms with Gasteiger partial charge in [0.15, 0.2) is 0 Å². The fourth-order valence-electron chi connectivity index (χ4n) is 1.84. The molecule has 0 fully saturated rings. The molecule has 2 N–H and O–H groups in total. The van der Waals surface area contributed by atoms with Crippen LogP contribution in [0.2, 0.25) is 0 Å². The second kappa shape index (κ2) is 7.02. The van der Waals surface area contributed by atoms with Crippen molar-refractivity contribution in [2.45, 2.75) is 19.5 Å². The maximum absolute atomic E-state index is 12.6. The van der Waals surface area contributed by atoms with E-state index in [-0.39, 0.29) is 13.2 Å². The Labute approximate surface area is 110 Å². The number of hydrogen-bond donors (Lipinski definition) is 2. The Morgan fingerprint density at radius 3 is 2.58 bits per heavy atom. The van der Waals surface area contributed by atoms with Crippen molar-refractivity contribution >= 4 is 5.69 Å². The first-order valence-corrected chi connectivity index (χ1v) is 5.85. The minimum absolute atomic E-state index is 0.0128. The minimum atomic E-state index is -2.57. The molecule has 0 radical (unpaired) electrons. The maximum Gasteiger partial charge on any atom is 0.255 e. The SMILES string of the molecule is C[C@H](O)c1ccc(C#N)cc1N(CCO)CC(F)F. The maximum atomic E-state index is 12.6. The molecular formula is C13H16F2N2O2. The fraction of sp³-hybridized carbons (Fsp3) is 0.462. The van der Waals surface area contributed by atoms with Gasteiger partial charge >= 0.3 is 0 Å². The van der Waals surface area contributed by atoms with E-state index in [9.17, 15) is 13.9 Å². The summed E-state index contributed by atoms with van der Waals surface area (Å²) in [6.45, 7) is 0.682. The topological polar surface area (TPSA) is 67.5 Å². The molecule has 0 heterocycles. The number of anilines is 1. The monoisotopic (exact) mass is 270 g/mol. The van der Waals surface area contributed by atoms with Crippen molar-refractivity contribution in [3.8, 4) is 6.07 Å². The van der Waals surface area contributed by atoms with Crippen molar-refractivity contribution in [3.63, 3.8) is 0 Å². The highest BCUT2D eigenvalue weighted by Crippen LogP contribution is 2.28. The van der Waals surface area contributed by atoms with Crippen molar-refractivity contribution in [1.82, 2.24) is 0 Å². The van der Waals surface area contributed by atoms with Crippen molar-refractivity contribution in [2.75, 3.05) is 24.6 Å². The van der Waals surface area contributed by atoms with Gasteiger partial charge in [0.1, 0.15) is 0 Å². The van der Waals surface area contributed by atoms with Crippen LogP contribution in [0.4, 0.5) is 14.5 Å². The van der Waals surface area contributed by atoms with E-state index in [1.54, 1.807) is 0 Å². The quantitative estimate of drug-likeness (QED) is 0.825. The van der Waals surface area contributed by atoms with Crippen LogP contribution in [0.15, 0.2) is 18.2 Å². The molecular weight excluding hydrogens is 254 g/mol. The lowest BCUT2D eigenvalue weighted by atomic mass is 10.0. The van der Waals surface area contributed by atoms with Crippen LogP contribution in [0.25, 0.3) is 0 Å². The first-order chi connectivity index (χ1) is 8.99. The van der Waals surface area contributed by atoms with Crippen LogP contribution >= 0.6 is 0 Å². The predicted octanol–water partition coefficient (Wildman–Crippen LogP) is 1.68. The molecule has 0 saturated heterocycles. The van der Waals surface area contributed by atoms with Crippen molar-refractivity contribution in [2.24, 2.45) is 0 Å². The molecule has 6 heteroatoms. The largest absolute Gasteiger partial charge is 0.395 e. The van der Waals surface area contributed by atoms with Crippen LogP contribution in [0.1, 0.15) is 24.2 Å². The number of alkyl halides is 2. The van der Waals surface area contributed by atoms with E-state index in [4.69, 9.17) is 10.4 Å². The van der Waals surface area contributed by atoms with E-state index in [0.717, 1.165) is 0 Å². The summed E-state index contributed by atoms with van der Waals surface area (Å²) in [4.78, 5) is 1.27. The van der Waals surface area contributed by atoms with E-state index >= 15 is 0 Å². The van der Waals surface area contributed by atoms with Gasteiger partial charge in [-0.2, -0.15) is 5.26 Å². The van der Waals surface area contributed by atoms with Crippen molar-refractivity contribution in [3.05, 3.63) is 29.3 Å². The number of benzene rings is 1. The van der Waals surface area contributed by atoms with Gasteiger partial charge in [-0.25, -0.2) is 8.78 Å². The van der Waals surface area contributed by atoms with E-state index in [1.807, 2.05) is 6.07 Å². The molecule has 0 unspecified atom stereocenters. The van der Waals surface area contributed by atoms with Gasteiger partial charge in [-0.3, -0.25) is 0 Å². The molecule has 0 aliphatic carbocycles. The lowest BCUT2D eigenvalue weighted by molar-refractivity contribution is 0.152.